The van der Waals surface area contributed by atoms with Crippen molar-refractivity contribution >= 4 is 23.0 Å². The van der Waals surface area contributed by atoms with Crippen molar-refractivity contribution in [2.45, 2.75) is 38.3 Å². The van der Waals surface area contributed by atoms with E-state index in [2.05, 4.69) is 4.98 Å². The number of hydrogen-bond donors (Lipinski definition) is 1. The zero-order valence-electron chi connectivity index (χ0n) is 14.7. The third-order valence-corrected chi connectivity index (χ3v) is 6.81. The first-order valence-corrected chi connectivity index (χ1v) is 9.91. The van der Waals surface area contributed by atoms with Crippen molar-refractivity contribution in [2.75, 3.05) is 13.1 Å². The lowest BCUT2D eigenvalue weighted by Gasteiger charge is -2.35. The first-order valence-electron chi connectivity index (χ1n) is 9.03. The summed E-state index contributed by atoms with van der Waals surface area (Å²) in [7, 11) is 0. The molecule has 2 aromatic heterocycles. The van der Waals surface area contributed by atoms with Gasteiger partial charge in [-0.15, -0.1) is 11.3 Å². The molecule has 1 aliphatic carbocycles. The summed E-state index contributed by atoms with van der Waals surface area (Å²) in [6.45, 7) is 3.02. The summed E-state index contributed by atoms with van der Waals surface area (Å²) < 4.78 is 1.99. The van der Waals surface area contributed by atoms with Crippen LogP contribution in [0.15, 0.2) is 30.2 Å². The minimum Gasteiger partial charge on any atom is -0.391 e. The van der Waals surface area contributed by atoms with E-state index in [0.717, 1.165) is 31.5 Å². The molecule has 0 unspecified atom stereocenters. The van der Waals surface area contributed by atoms with Crippen LogP contribution in [0.4, 0.5) is 0 Å². The normalized spacial score (nSPS) is 28.2. The van der Waals surface area contributed by atoms with Crippen LogP contribution in [0.2, 0.25) is 0 Å². The Bertz CT molecular complexity index is 801. The van der Waals surface area contributed by atoms with Crippen molar-refractivity contribution < 1.29 is 14.7 Å². The Kier molecular flexibility index (Phi) is 4.67. The average Bonchev–Trinajstić information content (AvgIpc) is 3.33. The van der Waals surface area contributed by atoms with Crippen molar-refractivity contribution in [1.82, 2.24) is 14.5 Å². The van der Waals surface area contributed by atoms with E-state index >= 15 is 0 Å². The number of rotatable bonds is 4. The number of ketones is 1. The van der Waals surface area contributed by atoms with Crippen LogP contribution in [0.3, 0.4) is 0 Å². The molecule has 1 aliphatic heterocycles. The number of nitrogens with zero attached hydrogens (tertiary/aromatic N) is 3. The molecule has 1 saturated carbocycles. The minimum absolute atomic E-state index is 0.0421. The summed E-state index contributed by atoms with van der Waals surface area (Å²) in [6.07, 6.45) is 6.94. The van der Waals surface area contributed by atoms with E-state index in [0.29, 0.717) is 23.1 Å². The highest BCUT2D eigenvalue weighted by molar-refractivity contribution is 7.12. The number of aromatic nitrogens is 2. The molecule has 1 amide bonds. The van der Waals surface area contributed by atoms with Gasteiger partial charge in [0.1, 0.15) is 0 Å². The Morgan fingerprint density at radius 2 is 2.08 bits per heavy atom. The lowest BCUT2D eigenvalue weighted by molar-refractivity contribution is -0.129. The van der Waals surface area contributed by atoms with Gasteiger partial charge in [-0.2, -0.15) is 0 Å². The highest BCUT2D eigenvalue weighted by Gasteiger charge is 2.43. The molecule has 26 heavy (non-hydrogen) atoms. The van der Waals surface area contributed by atoms with Gasteiger partial charge in [-0.1, -0.05) is 0 Å². The topological polar surface area (TPSA) is 75.4 Å². The third kappa shape index (κ3) is 3.33. The molecule has 2 aliphatic rings. The number of aliphatic hydroxyl groups is 1. The summed E-state index contributed by atoms with van der Waals surface area (Å²) in [5, 5.41) is 12.4. The van der Waals surface area contributed by atoms with Gasteiger partial charge in [-0.3, -0.25) is 9.59 Å². The summed E-state index contributed by atoms with van der Waals surface area (Å²) in [5.41, 5.74) is 0.913. The molecule has 138 valence electrons. The number of hydrogen-bond acceptors (Lipinski definition) is 5. The Hall–Kier alpha value is -1.99. The van der Waals surface area contributed by atoms with Crippen molar-refractivity contribution in [3.8, 4) is 0 Å². The van der Waals surface area contributed by atoms with Crippen LogP contribution in [0.5, 0.6) is 0 Å². The Morgan fingerprint density at radius 1 is 1.31 bits per heavy atom. The third-order valence-electron chi connectivity index (χ3n) is 5.73. The molecule has 7 heteroatoms. The van der Waals surface area contributed by atoms with Crippen LogP contribution in [0.25, 0.3) is 0 Å². The fourth-order valence-electron chi connectivity index (χ4n) is 4.34. The highest BCUT2D eigenvalue weighted by atomic mass is 32.1. The summed E-state index contributed by atoms with van der Waals surface area (Å²) >= 11 is 1.40. The predicted molar refractivity (Wildman–Crippen MR) is 98.1 cm³/mol. The first-order chi connectivity index (χ1) is 12.5. The Balaban J connectivity index is 1.39. The average molecular weight is 373 g/mol. The molecule has 0 aromatic carbocycles. The lowest BCUT2D eigenvalue weighted by Crippen LogP contribution is -2.35. The zero-order chi connectivity index (χ0) is 18.3. The number of fused-ring (bicyclic) bond motifs is 1. The number of thiophene rings is 1. The van der Waals surface area contributed by atoms with Crippen LogP contribution < -0.4 is 0 Å². The van der Waals surface area contributed by atoms with Crippen molar-refractivity contribution in [3.05, 3.63) is 40.6 Å². The molecule has 0 bridgehead atoms. The van der Waals surface area contributed by atoms with E-state index in [-0.39, 0.29) is 17.7 Å². The van der Waals surface area contributed by atoms with Gasteiger partial charge in [0.05, 0.1) is 29.8 Å². The number of carbonyl (C=O) groups is 2. The maximum Gasteiger partial charge on any atom is 0.227 e. The zero-order valence-corrected chi connectivity index (χ0v) is 15.6. The minimum atomic E-state index is -0.393. The number of likely N-dealkylation sites (tertiary alicyclic amines) is 1. The smallest absolute Gasteiger partial charge is 0.227 e. The van der Waals surface area contributed by atoms with E-state index in [4.69, 9.17) is 0 Å². The molecule has 2 fully saturated rings. The second-order valence-electron chi connectivity index (χ2n) is 7.49. The molecule has 2 aromatic rings. The maximum absolute atomic E-state index is 12.7. The van der Waals surface area contributed by atoms with Crippen LogP contribution in [-0.2, 0) is 11.2 Å². The van der Waals surface area contributed by atoms with Gasteiger partial charge >= 0.3 is 0 Å². The van der Waals surface area contributed by atoms with E-state index in [9.17, 15) is 14.7 Å². The Labute approximate surface area is 156 Å². The molecule has 6 nitrogen and oxygen atoms in total. The van der Waals surface area contributed by atoms with Gasteiger partial charge in [0, 0.05) is 25.5 Å². The molecule has 1 N–H and O–H groups in total. The fourth-order valence-corrected chi connectivity index (χ4v) is 5.15. The fraction of sp³-hybridized carbons (Fsp3) is 0.526. The summed E-state index contributed by atoms with van der Waals surface area (Å²) in [6, 6.07) is 1.87. The monoisotopic (exact) mass is 373 g/mol. The molecule has 1 saturated heterocycles. The van der Waals surface area contributed by atoms with Gasteiger partial charge in [0.2, 0.25) is 5.91 Å². The second-order valence-corrected chi connectivity index (χ2v) is 8.40. The van der Waals surface area contributed by atoms with Crippen molar-refractivity contribution in [3.63, 3.8) is 0 Å². The van der Waals surface area contributed by atoms with E-state index in [1.54, 1.807) is 19.4 Å². The van der Waals surface area contributed by atoms with Gasteiger partial charge in [-0.05, 0) is 48.6 Å². The van der Waals surface area contributed by atoms with Gasteiger partial charge in [0.25, 0.3) is 0 Å². The van der Waals surface area contributed by atoms with Gasteiger partial charge in [0.15, 0.2) is 5.78 Å². The molecule has 3 heterocycles. The maximum atomic E-state index is 12.7. The number of Topliss-reactive ketones (excluding diaryl/α,β-unsaturated/α-hetero) is 1. The van der Waals surface area contributed by atoms with Crippen LogP contribution in [0.1, 0.15) is 41.0 Å². The van der Waals surface area contributed by atoms with Crippen LogP contribution in [-0.4, -0.2) is 50.4 Å². The quantitative estimate of drug-likeness (QED) is 0.834. The summed E-state index contributed by atoms with van der Waals surface area (Å²) in [5.74, 6) is 0.940. The highest BCUT2D eigenvalue weighted by Crippen LogP contribution is 2.41. The van der Waals surface area contributed by atoms with E-state index in [1.807, 2.05) is 27.1 Å². The summed E-state index contributed by atoms with van der Waals surface area (Å²) in [4.78, 5) is 30.8. The van der Waals surface area contributed by atoms with Gasteiger partial charge in [-0.25, -0.2) is 4.98 Å². The van der Waals surface area contributed by atoms with Gasteiger partial charge < -0.3 is 14.6 Å². The number of aliphatic hydroxyl groups excluding tert-OH is 1. The van der Waals surface area contributed by atoms with Crippen molar-refractivity contribution in [2.24, 2.45) is 11.8 Å². The predicted octanol–water partition coefficient (Wildman–Crippen LogP) is 2.16. The molecule has 4 atom stereocenters. The molecular formula is C19H23N3O3S. The molecule has 4 rings (SSSR count). The van der Waals surface area contributed by atoms with Crippen LogP contribution >= 0.6 is 11.3 Å². The molecule has 0 spiro atoms. The Morgan fingerprint density at radius 3 is 2.73 bits per heavy atom. The van der Waals surface area contributed by atoms with Crippen molar-refractivity contribution in [1.29, 1.82) is 0 Å². The second kappa shape index (κ2) is 6.96. The molecular weight excluding hydrogens is 350 g/mol. The SMILES string of the molecule is CC(=O)c1cc(CC(=O)N2C[C@H]3C[C@@H](n4ccnc4)[C@H](O)C[C@H]3C2)cs1. The van der Waals surface area contributed by atoms with Crippen LogP contribution in [0, 0.1) is 11.8 Å². The molecule has 0 radical (unpaired) electrons. The van der Waals surface area contributed by atoms with E-state index in [1.165, 1.54) is 11.3 Å². The first kappa shape index (κ1) is 17.4. The number of imidazole rings is 1. The number of carbonyl (C=O) groups excluding carboxylic acids is 2. The standard InChI is InChI=1S/C19H23N3O3S/c1-12(23)18-4-13(10-26-18)5-19(25)22-8-14-6-16(21-3-2-20-11-21)17(24)7-15(14)9-22/h2-4,10-11,14-17,24H,5-9H2,1H3/t14-,15+,16-,17-/m1/s1. The largest absolute Gasteiger partial charge is 0.391 e. The number of amides is 1. The van der Waals surface area contributed by atoms with E-state index < -0.39 is 6.10 Å². The lowest BCUT2D eigenvalue weighted by atomic mass is 9.77.